The molecule has 1 aliphatic carbocycles. The summed E-state index contributed by atoms with van der Waals surface area (Å²) in [5.41, 5.74) is 1.85. The third kappa shape index (κ3) is 9.27. The first kappa shape index (κ1) is 29.9. The first-order valence-electron chi connectivity index (χ1n) is 14.6. The van der Waals surface area contributed by atoms with E-state index in [1.165, 1.54) is 23.3 Å². The Morgan fingerprint density at radius 3 is 2.50 bits per heavy atom. The van der Waals surface area contributed by atoms with Gasteiger partial charge in [-0.2, -0.15) is 0 Å². The van der Waals surface area contributed by atoms with Gasteiger partial charge in [-0.1, -0.05) is 75.6 Å². The number of benzene rings is 1. The first-order valence-corrected chi connectivity index (χ1v) is 15.5. The van der Waals surface area contributed by atoms with Crippen LogP contribution in [0.3, 0.4) is 0 Å². The Bertz CT molecular complexity index is 1130. The Kier molecular flexibility index (Phi) is 11.3. The van der Waals surface area contributed by atoms with Crippen LogP contribution in [0.2, 0.25) is 0 Å². The number of carbonyl (C=O) groups is 3. The molecule has 8 nitrogen and oxygen atoms in total. The quantitative estimate of drug-likeness (QED) is 0.432. The molecule has 2 fully saturated rings. The fourth-order valence-electron chi connectivity index (χ4n) is 5.41. The number of thiazole rings is 1. The van der Waals surface area contributed by atoms with E-state index in [1.54, 1.807) is 4.90 Å². The van der Waals surface area contributed by atoms with E-state index in [2.05, 4.69) is 53.3 Å². The second-order valence-corrected chi connectivity index (χ2v) is 12.2. The Morgan fingerprint density at radius 2 is 1.80 bits per heavy atom. The van der Waals surface area contributed by atoms with Gasteiger partial charge in [-0.3, -0.25) is 19.3 Å². The van der Waals surface area contributed by atoms with E-state index in [4.69, 9.17) is 0 Å². The van der Waals surface area contributed by atoms with Crippen molar-refractivity contribution < 1.29 is 14.4 Å². The van der Waals surface area contributed by atoms with Crippen LogP contribution in [-0.2, 0) is 20.8 Å². The fraction of sp³-hybridized carbons (Fsp3) is 0.548. The summed E-state index contributed by atoms with van der Waals surface area (Å²) in [5.74, 6) is 0.232. The van der Waals surface area contributed by atoms with Crippen molar-refractivity contribution in [3.8, 4) is 0 Å². The molecule has 1 aliphatic heterocycles. The number of aromatic nitrogens is 1. The lowest BCUT2D eigenvalue weighted by molar-refractivity contribution is -0.139. The van der Waals surface area contributed by atoms with Gasteiger partial charge < -0.3 is 15.1 Å². The summed E-state index contributed by atoms with van der Waals surface area (Å²) in [6.45, 7) is 8.68. The molecule has 40 heavy (non-hydrogen) atoms. The summed E-state index contributed by atoms with van der Waals surface area (Å²) in [7, 11) is 0. The molecule has 9 heteroatoms. The molecule has 3 amide bonds. The summed E-state index contributed by atoms with van der Waals surface area (Å²) in [6, 6.07) is 10.3. The standard InChI is InChI=1S/C31H43N5O3S/c1-24(2)21-36(30(39)26-13-7-4-8-14-26)22-28(37)33-31-32-27(23-40-31)20-29(38)35-18-16-34(17-19-35)15-9-12-25-10-5-3-6-11-25/h3,5-6,9-12,23-24,26H,4,7-8,13-22H2,1-2H3,(H,32,33,37)/b12-9+. The summed E-state index contributed by atoms with van der Waals surface area (Å²) in [6.07, 6.45) is 9.71. The van der Waals surface area contributed by atoms with Gasteiger partial charge in [0.2, 0.25) is 17.7 Å². The molecule has 0 unspecified atom stereocenters. The van der Waals surface area contributed by atoms with Crippen LogP contribution < -0.4 is 5.32 Å². The van der Waals surface area contributed by atoms with Crippen LogP contribution >= 0.6 is 11.3 Å². The lowest BCUT2D eigenvalue weighted by atomic mass is 9.88. The smallest absolute Gasteiger partial charge is 0.245 e. The largest absolute Gasteiger partial charge is 0.340 e. The van der Waals surface area contributed by atoms with Gasteiger partial charge in [0.1, 0.15) is 0 Å². The minimum atomic E-state index is -0.241. The Labute approximate surface area is 242 Å². The van der Waals surface area contributed by atoms with Crippen LogP contribution in [0, 0.1) is 11.8 Å². The maximum atomic E-state index is 13.1. The number of hydrogen-bond acceptors (Lipinski definition) is 6. The SMILES string of the molecule is CC(C)CN(CC(=O)Nc1nc(CC(=O)N2CCN(C/C=C/c3ccccc3)CC2)cs1)C(=O)C1CCCCC1. The average Bonchev–Trinajstić information content (AvgIpc) is 3.39. The Morgan fingerprint density at radius 1 is 1.07 bits per heavy atom. The number of anilines is 1. The van der Waals surface area contributed by atoms with Crippen molar-refractivity contribution in [3.63, 3.8) is 0 Å². The Balaban J connectivity index is 1.21. The molecule has 4 rings (SSSR count). The van der Waals surface area contributed by atoms with E-state index in [0.29, 0.717) is 30.5 Å². The van der Waals surface area contributed by atoms with E-state index in [-0.39, 0.29) is 42.5 Å². The van der Waals surface area contributed by atoms with Crippen molar-refractivity contribution in [2.24, 2.45) is 11.8 Å². The number of nitrogens with one attached hydrogen (secondary N) is 1. The third-order valence-corrected chi connectivity index (χ3v) is 8.32. The van der Waals surface area contributed by atoms with Crippen molar-refractivity contribution >= 4 is 40.3 Å². The van der Waals surface area contributed by atoms with E-state index >= 15 is 0 Å². The highest BCUT2D eigenvalue weighted by Crippen LogP contribution is 2.26. The van der Waals surface area contributed by atoms with Gasteiger partial charge in [0.15, 0.2) is 5.13 Å². The van der Waals surface area contributed by atoms with Crippen LogP contribution in [-0.4, -0.2) is 83.2 Å². The molecule has 2 aliphatic rings. The summed E-state index contributed by atoms with van der Waals surface area (Å²) in [4.78, 5) is 49.3. The molecule has 0 bridgehead atoms. The van der Waals surface area contributed by atoms with Crippen LogP contribution in [0.15, 0.2) is 41.8 Å². The van der Waals surface area contributed by atoms with Gasteiger partial charge in [-0.25, -0.2) is 4.98 Å². The predicted octanol–water partition coefficient (Wildman–Crippen LogP) is 4.55. The number of rotatable bonds is 11. The molecule has 1 saturated carbocycles. The number of amides is 3. The van der Waals surface area contributed by atoms with Gasteiger partial charge in [0, 0.05) is 50.6 Å². The molecule has 1 saturated heterocycles. The molecular formula is C31H43N5O3S. The predicted molar refractivity (Wildman–Crippen MR) is 161 cm³/mol. The van der Waals surface area contributed by atoms with E-state index in [1.807, 2.05) is 28.5 Å². The molecule has 1 aromatic heterocycles. The molecule has 0 atom stereocenters. The average molecular weight is 566 g/mol. The van der Waals surface area contributed by atoms with Gasteiger partial charge in [0.05, 0.1) is 18.7 Å². The summed E-state index contributed by atoms with van der Waals surface area (Å²) in [5, 5.41) is 5.15. The maximum absolute atomic E-state index is 13.1. The second-order valence-electron chi connectivity index (χ2n) is 11.3. The zero-order chi connectivity index (χ0) is 28.3. The zero-order valence-electron chi connectivity index (χ0n) is 23.9. The van der Waals surface area contributed by atoms with Crippen LogP contribution in [0.1, 0.15) is 57.2 Å². The molecule has 1 N–H and O–H groups in total. The van der Waals surface area contributed by atoms with Crippen molar-refractivity contribution in [3.05, 3.63) is 53.0 Å². The van der Waals surface area contributed by atoms with Crippen molar-refractivity contribution in [1.82, 2.24) is 19.7 Å². The molecule has 0 radical (unpaired) electrons. The lowest BCUT2D eigenvalue weighted by Gasteiger charge is -2.34. The van der Waals surface area contributed by atoms with E-state index in [0.717, 1.165) is 45.3 Å². The zero-order valence-corrected chi connectivity index (χ0v) is 24.7. The highest BCUT2D eigenvalue weighted by atomic mass is 32.1. The first-order chi connectivity index (χ1) is 19.4. The summed E-state index contributed by atoms with van der Waals surface area (Å²) < 4.78 is 0. The highest BCUT2D eigenvalue weighted by Gasteiger charge is 2.28. The van der Waals surface area contributed by atoms with E-state index < -0.39 is 0 Å². The minimum absolute atomic E-state index is 0.0328. The van der Waals surface area contributed by atoms with Crippen molar-refractivity contribution in [2.75, 3.05) is 51.1 Å². The fourth-order valence-corrected chi connectivity index (χ4v) is 6.13. The van der Waals surface area contributed by atoms with Gasteiger partial charge >= 0.3 is 0 Å². The number of nitrogens with zero attached hydrogens (tertiary/aromatic N) is 4. The van der Waals surface area contributed by atoms with E-state index in [9.17, 15) is 14.4 Å². The monoisotopic (exact) mass is 565 g/mol. The second kappa shape index (κ2) is 15.1. The number of carbonyl (C=O) groups excluding carboxylic acids is 3. The van der Waals surface area contributed by atoms with Gasteiger partial charge in [-0.15, -0.1) is 11.3 Å². The topological polar surface area (TPSA) is 85.8 Å². The molecule has 1 aromatic carbocycles. The summed E-state index contributed by atoms with van der Waals surface area (Å²) >= 11 is 1.32. The van der Waals surface area contributed by atoms with Crippen LogP contribution in [0.4, 0.5) is 5.13 Å². The van der Waals surface area contributed by atoms with Crippen molar-refractivity contribution in [2.45, 2.75) is 52.4 Å². The molecular weight excluding hydrogens is 522 g/mol. The lowest BCUT2D eigenvalue weighted by Crippen LogP contribution is -2.49. The van der Waals surface area contributed by atoms with Crippen LogP contribution in [0.25, 0.3) is 6.08 Å². The normalized spacial score (nSPS) is 16.9. The Hall–Kier alpha value is -3.04. The molecule has 216 valence electrons. The molecule has 0 spiro atoms. The number of hydrogen-bond donors (Lipinski definition) is 1. The maximum Gasteiger partial charge on any atom is 0.245 e. The molecule has 2 aromatic rings. The minimum Gasteiger partial charge on any atom is -0.340 e. The van der Waals surface area contributed by atoms with Crippen molar-refractivity contribution in [1.29, 1.82) is 0 Å². The van der Waals surface area contributed by atoms with Crippen LogP contribution in [0.5, 0.6) is 0 Å². The number of piperazine rings is 1. The molecule has 2 heterocycles. The third-order valence-electron chi connectivity index (χ3n) is 7.52. The highest BCUT2D eigenvalue weighted by molar-refractivity contribution is 7.13. The van der Waals surface area contributed by atoms with Gasteiger partial charge in [0.25, 0.3) is 0 Å². The van der Waals surface area contributed by atoms with Gasteiger partial charge in [-0.05, 0) is 24.3 Å².